The Kier molecular flexibility index (Phi) is 4.70. The van der Waals surface area contributed by atoms with Crippen molar-refractivity contribution < 1.29 is 12.8 Å². The van der Waals surface area contributed by atoms with Crippen molar-refractivity contribution in [3.8, 4) is 0 Å². The van der Waals surface area contributed by atoms with E-state index < -0.39 is 15.8 Å². The minimum atomic E-state index is -3.69. The Bertz CT molecular complexity index is 608. The fourth-order valence-electron chi connectivity index (χ4n) is 2.99. The summed E-state index contributed by atoms with van der Waals surface area (Å²) in [5, 5.41) is 0. The van der Waals surface area contributed by atoms with Crippen molar-refractivity contribution in [2.45, 2.75) is 43.0 Å². The van der Waals surface area contributed by atoms with Crippen LogP contribution in [0, 0.1) is 12.7 Å². The molecule has 0 saturated heterocycles. The number of likely N-dealkylation sites (N-methyl/N-ethyl adjacent to an activating group) is 1. The molecule has 4 nitrogen and oxygen atoms in total. The molecule has 21 heavy (non-hydrogen) atoms. The van der Waals surface area contributed by atoms with E-state index in [0.29, 0.717) is 12.1 Å². The fourth-order valence-corrected chi connectivity index (χ4v) is 4.36. The molecule has 1 aliphatic carbocycles. The summed E-state index contributed by atoms with van der Waals surface area (Å²) in [5.41, 5.74) is 0.420. The second-order valence-electron chi connectivity index (χ2n) is 6.06. The number of hydrogen-bond acceptors (Lipinski definition) is 3. The lowest BCUT2D eigenvalue weighted by atomic mass is 9.97. The summed E-state index contributed by atoms with van der Waals surface area (Å²) in [4.78, 5) is 2.12. The van der Waals surface area contributed by atoms with Gasteiger partial charge >= 0.3 is 0 Å². The summed E-state index contributed by atoms with van der Waals surface area (Å²) in [5.74, 6) is -0.538. The highest BCUT2D eigenvalue weighted by molar-refractivity contribution is 7.89. The Morgan fingerprint density at radius 1 is 1.29 bits per heavy atom. The first-order valence-corrected chi connectivity index (χ1v) is 8.68. The molecule has 0 heterocycles. The van der Waals surface area contributed by atoms with Crippen LogP contribution in [0.15, 0.2) is 23.1 Å². The molecule has 0 unspecified atom stereocenters. The van der Waals surface area contributed by atoms with Gasteiger partial charge in [-0.2, -0.15) is 0 Å². The number of aryl methyl sites for hydroxylation is 1. The van der Waals surface area contributed by atoms with Gasteiger partial charge in [-0.15, -0.1) is 0 Å². The van der Waals surface area contributed by atoms with Gasteiger partial charge in [0.15, 0.2) is 0 Å². The molecule has 0 atom stereocenters. The number of rotatable bonds is 5. The molecule has 0 radical (unpaired) electrons. The van der Waals surface area contributed by atoms with E-state index in [-0.39, 0.29) is 10.4 Å². The molecule has 1 fully saturated rings. The first-order chi connectivity index (χ1) is 9.77. The average Bonchev–Trinajstić information content (AvgIpc) is 2.89. The second-order valence-corrected chi connectivity index (χ2v) is 7.80. The third kappa shape index (κ3) is 3.44. The summed E-state index contributed by atoms with van der Waals surface area (Å²) in [6.45, 7) is 2.03. The van der Waals surface area contributed by atoms with E-state index in [9.17, 15) is 12.8 Å². The minimum absolute atomic E-state index is 0.0226. The molecule has 1 N–H and O–H groups in total. The largest absolute Gasteiger partial charge is 0.302 e. The maximum absolute atomic E-state index is 13.3. The number of benzene rings is 1. The molecule has 118 valence electrons. The van der Waals surface area contributed by atoms with E-state index in [0.717, 1.165) is 31.7 Å². The predicted octanol–water partition coefficient (Wildman–Crippen LogP) is 2.29. The summed E-state index contributed by atoms with van der Waals surface area (Å²) in [6, 6.07) is 3.84. The van der Waals surface area contributed by atoms with Crippen LogP contribution >= 0.6 is 0 Å². The van der Waals surface area contributed by atoms with Crippen LogP contribution in [0.5, 0.6) is 0 Å². The first-order valence-electron chi connectivity index (χ1n) is 7.20. The number of nitrogens with one attached hydrogen (secondary N) is 1. The van der Waals surface area contributed by atoms with Crippen molar-refractivity contribution in [3.63, 3.8) is 0 Å². The quantitative estimate of drug-likeness (QED) is 0.907. The van der Waals surface area contributed by atoms with Crippen molar-refractivity contribution in [2.24, 2.45) is 0 Å². The van der Waals surface area contributed by atoms with E-state index in [2.05, 4.69) is 9.62 Å². The van der Waals surface area contributed by atoms with Crippen molar-refractivity contribution >= 4 is 10.0 Å². The van der Waals surface area contributed by atoms with E-state index >= 15 is 0 Å². The number of nitrogens with zero attached hydrogens (tertiary/aromatic N) is 1. The molecule has 0 aromatic heterocycles. The Hall–Kier alpha value is -0.980. The van der Waals surface area contributed by atoms with Gasteiger partial charge < -0.3 is 4.90 Å². The van der Waals surface area contributed by atoms with Gasteiger partial charge in [-0.25, -0.2) is 17.5 Å². The molecule has 6 heteroatoms. The maximum atomic E-state index is 13.3. The van der Waals surface area contributed by atoms with Crippen LogP contribution in [0.4, 0.5) is 4.39 Å². The van der Waals surface area contributed by atoms with Gasteiger partial charge in [0.1, 0.15) is 5.82 Å². The van der Waals surface area contributed by atoms with Crippen LogP contribution in [-0.4, -0.2) is 39.5 Å². The predicted molar refractivity (Wildman–Crippen MR) is 81.2 cm³/mol. The van der Waals surface area contributed by atoms with Crippen molar-refractivity contribution in [1.82, 2.24) is 9.62 Å². The summed E-state index contributed by atoms with van der Waals surface area (Å²) >= 11 is 0. The number of halogens is 1. The normalized spacial score (nSPS) is 18.3. The Morgan fingerprint density at radius 3 is 2.48 bits per heavy atom. The monoisotopic (exact) mass is 314 g/mol. The zero-order valence-corrected chi connectivity index (χ0v) is 13.6. The molecule has 0 amide bonds. The van der Waals surface area contributed by atoms with Crippen LogP contribution in [0.25, 0.3) is 0 Å². The first kappa shape index (κ1) is 16.4. The highest BCUT2D eigenvalue weighted by atomic mass is 32.2. The third-order valence-electron chi connectivity index (χ3n) is 4.51. The molecule has 1 aliphatic rings. The van der Waals surface area contributed by atoms with Gasteiger partial charge in [0.25, 0.3) is 0 Å². The van der Waals surface area contributed by atoms with E-state index in [1.165, 1.54) is 12.1 Å². The molecular weight excluding hydrogens is 291 g/mol. The van der Waals surface area contributed by atoms with Gasteiger partial charge in [-0.05, 0) is 51.6 Å². The van der Waals surface area contributed by atoms with Crippen molar-refractivity contribution in [1.29, 1.82) is 0 Å². The van der Waals surface area contributed by atoms with Crippen LogP contribution in [0.1, 0.15) is 31.2 Å². The highest BCUT2D eigenvalue weighted by Gasteiger charge is 2.37. The Balaban J connectivity index is 2.20. The zero-order valence-electron chi connectivity index (χ0n) is 12.8. The lowest BCUT2D eigenvalue weighted by Gasteiger charge is -2.36. The summed E-state index contributed by atoms with van der Waals surface area (Å²) in [7, 11) is 0.269. The molecule has 2 rings (SSSR count). The third-order valence-corrected chi connectivity index (χ3v) is 6.06. The molecule has 1 aromatic rings. The van der Waals surface area contributed by atoms with Gasteiger partial charge in [-0.1, -0.05) is 18.9 Å². The molecule has 1 aromatic carbocycles. The van der Waals surface area contributed by atoms with Crippen LogP contribution in [-0.2, 0) is 10.0 Å². The number of sulfonamides is 1. The lowest BCUT2D eigenvalue weighted by molar-refractivity contribution is 0.162. The molecule has 0 aliphatic heterocycles. The van der Waals surface area contributed by atoms with Crippen LogP contribution < -0.4 is 4.72 Å². The number of hydrogen-bond donors (Lipinski definition) is 1. The van der Waals surface area contributed by atoms with Crippen molar-refractivity contribution in [2.75, 3.05) is 20.6 Å². The van der Waals surface area contributed by atoms with E-state index in [1.807, 2.05) is 14.1 Å². The molecule has 0 spiro atoms. The Morgan fingerprint density at radius 2 is 1.90 bits per heavy atom. The zero-order chi connectivity index (χ0) is 15.7. The topological polar surface area (TPSA) is 49.4 Å². The lowest BCUT2D eigenvalue weighted by Crippen LogP contribution is -2.50. The van der Waals surface area contributed by atoms with Gasteiger partial charge in [-0.3, -0.25) is 0 Å². The SMILES string of the molecule is Cc1ccc(F)cc1S(=O)(=O)NCC1(N(C)C)CCCC1. The smallest absolute Gasteiger partial charge is 0.240 e. The van der Waals surface area contributed by atoms with E-state index in [1.54, 1.807) is 6.92 Å². The maximum Gasteiger partial charge on any atom is 0.240 e. The minimum Gasteiger partial charge on any atom is -0.302 e. The second kappa shape index (κ2) is 6.02. The standard InChI is InChI=1S/C15H23FN2O2S/c1-12-6-7-13(16)10-14(12)21(19,20)17-11-15(18(2)3)8-4-5-9-15/h6-7,10,17H,4-5,8-9,11H2,1-3H3. The van der Waals surface area contributed by atoms with Crippen LogP contribution in [0.2, 0.25) is 0 Å². The fraction of sp³-hybridized carbons (Fsp3) is 0.600. The van der Waals surface area contributed by atoms with Gasteiger partial charge in [0.05, 0.1) is 4.90 Å². The van der Waals surface area contributed by atoms with E-state index in [4.69, 9.17) is 0 Å². The van der Waals surface area contributed by atoms with Gasteiger partial charge in [0, 0.05) is 12.1 Å². The van der Waals surface area contributed by atoms with Crippen LogP contribution in [0.3, 0.4) is 0 Å². The Labute approximate surface area is 126 Å². The molecule has 0 bridgehead atoms. The van der Waals surface area contributed by atoms with Crippen molar-refractivity contribution in [3.05, 3.63) is 29.6 Å². The average molecular weight is 314 g/mol. The summed E-state index contributed by atoms with van der Waals surface area (Å²) < 4.78 is 40.9. The molecule has 1 saturated carbocycles. The summed E-state index contributed by atoms with van der Waals surface area (Å²) in [6.07, 6.45) is 4.17. The highest BCUT2D eigenvalue weighted by Crippen LogP contribution is 2.33. The van der Waals surface area contributed by atoms with Gasteiger partial charge in [0.2, 0.25) is 10.0 Å². The molecular formula is C15H23FN2O2S.